The van der Waals surface area contributed by atoms with Crippen molar-refractivity contribution < 1.29 is 31.3 Å². The average molecular weight is 278 g/mol. The molecule has 0 fully saturated rings. The van der Waals surface area contributed by atoms with E-state index in [0.29, 0.717) is 0 Å². The molecule has 0 aliphatic rings. The molecule has 0 amide bonds. The minimum Gasteiger partial charge on any atom is -0.467 e. The van der Waals surface area contributed by atoms with Gasteiger partial charge in [0.1, 0.15) is 11.3 Å². The third kappa shape index (κ3) is 3.41. The van der Waals surface area contributed by atoms with E-state index < -0.39 is 21.1 Å². The predicted molar refractivity (Wildman–Crippen MR) is 58.6 cm³/mol. The maximum atomic E-state index is 12.8. The Kier molecular flexibility index (Phi) is 4.62. The van der Waals surface area contributed by atoms with Crippen molar-refractivity contribution in [3.63, 3.8) is 0 Å². The van der Waals surface area contributed by atoms with Crippen LogP contribution in [0.15, 0.2) is 23.1 Å². The van der Waals surface area contributed by atoms with Gasteiger partial charge >= 0.3 is 16.2 Å². The summed E-state index contributed by atoms with van der Waals surface area (Å²) in [5.41, 5.74) is -0.201. The molecular weight excluding hydrogens is 267 g/mol. The highest BCUT2D eigenvalue weighted by atomic mass is 32.3. The molecular formula is C10H11FO6S. The van der Waals surface area contributed by atoms with Crippen LogP contribution in [0.1, 0.15) is 10.4 Å². The SMILES string of the molecule is COCOc1ccc(S(=O)(=O)F)cc1C(=O)OC. The van der Waals surface area contributed by atoms with Crippen LogP contribution in [0.5, 0.6) is 5.75 Å². The number of esters is 1. The van der Waals surface area contributed by atoms with Gasteiger partial charge in [0.05, 0.1) is 12.0 Å². The Morgan fingerprint density at radius 2 is 2.00 bits per heavy atom. The van der Waals surface area contributed by atoms with E-state index in [0.717, 1.165) is 25.3 Å². The quantitative estimate of drug-likeness (QED) is 0.456. The highest BCUT2D eigenvalue weighted by molar-refractivity contribution is 7.86. The molecule has 0 saturated carbocycles. The molecule has 0 aliphatic heterocycles. The van der Waals surface area contributed by atoms with Crippen molar-refractivity contribution in [3.05, 3.63) is 23.8 Å². The van der Waals surface area contributed by atoms with Gasteiger partial charge in [0.2, 0.25) is 0 Å². The van der Waals surface area contributed by atoms with E-state index in [1.165, 1.54) is 7.11 Å². The Labute approximate surface area is 103 Å². The highest BCUT2D eigenvalue weighted by Gasteiger charge is 2.19. The van der Waals surface area contributed by atoms with Crippen LogP contribution >= 0.6 is 0 Å². The molecule has 0 radical (unpaired) electrons. The fourth-order valence-corrected chi connectivity index (χ4v) is 1.67. The fourth-order valence-electron chi connectivity index (χ4n) is 1.18. The van der Waals surface area contributed by atoms with Gasteiger partial charge in [-0.2, -0.15) is 8.42 Å². The zero-order valence-corrected chi connectivity index (χ0v) is 10.5. The summed E-state index contributed by atoms with van der Waals surface area (Å²) >= 11 is 0. The molecule has 1 rings (SSSR count). The van der Waals surface area contributed by atoms with Gasteiger partial charge in [-0.05, 0) is 18.2 Å². The minimum atomic E-state index is -4.90. The van der Waals surface area contributed by atoms with Gasteiger partial charge in [-0.3, -0.25) is 0 Å². The Morgan fingerprint density at radius 1 is 1.33 bits per heavy atom. The van der Waals surface area contributed by atoms with Gasteiger partial charge in [0, 0.05) is 7.11 Å². The summed E-state index contributed by atoms with van der Waals surface area (Å²) in [5, 5.41) is 0. The summed E-state index contributed by atoms with van der Waals surface area (Å²) in [6.45, 7) is -0.147. The summed E-state index contributed by atoms with van der Waals surface area (Å²) in [6, 6.07) is 2.97. The summed E-state index contributed by atoms with van der Waals surface area (Å²) in [5.74, 6) is -0.803. The summed E-state index contributed by atoms with van der Waals surface area (Å²) in [4.78, 5) is 10.8. The van der Waals surface area contributed by atoms with Crippen molar-refractivity contribution in [1.82, 2.24) is 0 Å². The maximum absolute atomic E-state index is 12.8. The van der Waals surface area contributed by atoms with Crippen LogP contribution in [-0.2, 0) is 19.7 Å². The van der Waals surface area contributed by atoms with Crippen LogP contribution in [0.25, 0.3) is 0 Å². The standard InChI is InChI=1S/C10H11FO6S/c1-15-6-17-9-4-3-7(18(11,13)14)5-8(9)10(12)16-2/h3-5H,6H2,1-2H3. The Bertz CT molecular complexity index is 539. The van der Waals surface area contributed by atoms with Crippen molar-refractivity contribution in [3.8, 4) is 5.75 Å². The lowest BCUT2D eigenvalue weighted by Crippen LogP contribution is -2.08. The first-order valence-electron chi connectivity index (χ1n) is 4.69. The molecule has 0 aromatic heterocycles. The molecule has 8 heteroatoms. The van der Waals surface area contributed by atoms with E-state index in [-0.39, 0.29) is 18.1 Å². The number of hydrogen-bond donors (Lipinski definition) is 0. The lowest BCUT2D eigenvalue weighted by Gasteiger charge is -2.09. The summed E-state index contributed by atoms with van der Waals surface area (Å²) in [7, 11) is -2.42. The van der Waals surface area contributed by atoms with Crippen LogP contribution in [0.3, 0.4) is 0 Å². The lowest BCUT2D eigenvalue weighted by molar-refractivity contribution is 0.0464. The molecule has 0 N–H and O–H groups in total. The lowest BCUT2D eigenvalue weighted by atomic mass is 10.2. The van der Waals surface area contributed by atoms with E-state index in [9.17, 15) is 17.1 Å². The second-order valence-corrected chi connectivity index (χ2v) is 4.49. The van der Waals surface area contributed by atoms with Crippen molar-refractivity contribution in [2.24, 2.45) is 0 Å². The Balaban J connectivity index is 3.25. The Hall–Kier alpha value is -1.67. The van der Waals surface area contributed by atoms with Crippen LogP contribution in [0, 0.1) is 0 Å². The van der Waals surface area contributed by atoms with Gasteiger partial charge in [0.25, 0.3) is 0 Å². The summed E-state index contributed by atoms with van der Waals surface area (Å²) < 4.78 is 48.4. The molecule has 100 valence electrons. The van der Waals surface area contributed by atoms with Crippen LogP contribution in [-0.4, -0.2) is 35.4 Å². The topological polar surface area (TPSA) is 78.9 Å². The summed E-state index contributed by atoms with van der Waals surface area (Å²) in [6.07, 6.45) is 0. The molecule has 0 bridgehead atoms. The molecule has 18 heavy (non-hydrogen) atoms. The molecule has 0 spiro atoms. The molecule has 1 aromatic rings. The third-order valence-electron chi connectivity index (χ3n) is 1.97. The maximum Gasteiger partial charge on any atom is 0.341 e. The number of hydrogen-bond acceptors (Lipinski definition) is 6. The van der Waals surface area contributed by atoms with Gasteiger partial charge in [-0.1, -0.05) is 0 Å². The van der Waals surface area contributed by atoms with Crippen molar-refractivity contribution in [2.75, 3.05) is 21.0 Å². The molecule has 1 aromatic carbocycles. The van der Waals surface area contributed by atoms with E-state index in [2.05, 4.69) is 9.47 Å². The number of rotatable bonds is 5. The van der Waals surface area contributed by atoms with Crippen LogP contribution < -0.4 is 4.74 Å². The van der Waals surface area contributed by atoms with E-state index >= 15 is 0 Å². The smallest absolute Gasteiger partial charge is 0.341 e. The molecule has 0 saturated heterocycles. The second-order valence-electron chi connectivity index (χ2n) is 3.14. The van der Waals surface area contributed by atoms with Gasteiger partial charge < -0.3 is 14.2 Å². The number of carbonyl (C=O) groups excluding carboxylic acids is 1. The number of carbonyl (C=O) groups is 1. The number of ether oxygens (including phenoxy) is 3. The molecule has 0 atom stereocenters. The largest absolute Gasteiger partial charge is 0.467 e. The number of methoxy groups -OCH3 is 2. The first-order valence-corrected chi connectivity index (χ1v) is 6.07. The van der Waals surface area contributed by atoms with Gasteiger partial charge in [0.15, 0.2) is 6.79 Å². The van der Waals surface area contributed by atoms with E-state index in [4.69, 9.17) is 4.74 Å². The number of halogens is 1. The van der Waals surface area contributed by atoms with Crippen molar-refractivity contribution in [1.29, 1.82) is 0 Å². The highest BCUT2D eigenvalue weighted by Crippen LogP contribution is 2.24. The number of benzene rings is 1. The van der Waals surface area contributed by atoms with Crippen molar-refractivity contribution >= 4 is 16.2 Å². The third-order valence-corrected chi connectivity index (χ3v) is 2.79. The van der Waals surface area contributed by atoms with E-state index in [1.807, 2.05) is 0 Å². The second kappa shape index (κ2) is 5.78. The monoisotopic (exact) mass is 278 g/mol. The van der Waals surface area contributed by atoms with E-state index in [1.54, 1.807) is 0 Å². The van der Waals surface area contributed by atoms with Crippen molar-refractivity contribution in [2.45, 2.75) is 4.90 Å². The molecule has 0 aliphatic carbocycles. The fraction of sp³-hybridized carbons (Fsp3) is 0.300. The van der Waals surface area contributed by atoms with Crippen LogP contribution in [0.4, 0.5) is 3.89 Å². The first-order chi connectivity index (χ1) is 8.40. The predicted octanol–water partition coefficient (Wildman–Crippen LogP) is 1.11. The van der Waals surface area contributed by atoms with Crippen LogP contribution in [0.2, 0.25) is 0 Å². The Morgan fingerprint density at radius 3 is 2.50 bits per heavy atom. The van der Waals surface area contributed by atoms with Gasteiger partial charge in [-0.25, -0.2) is 4.79 Å². The molecule has 6 nitrogen and oxygen atoms in total. The zero-order chi connectivity index (χ0) is 13.8. The average Bonchev–Trinajstić information content (AvgIpc) is 2.34. The first kappa shape index (κ1) is 14.4. The normalized spacial score (nSPS) is 11.1. The molecule has 0 unspecified atom stereocenters. The van der Waals surface area contributed by atoms with Gasteiger partial charge in [-0.15, -0.1) is 3.89 Å². The minimum absolute atomic E-state index is 0.0381. The zero-order valence-electron chi connectivity index (χ0n) is 9.67. The molecule has 0 heterocycles.